The SMILES string of the molecule is CCCN[S+]([O-])c1ccc(C(C)(C)C)cc1. The zero-order valence-electron chi connectivity index (χ0n) is 10.5. The number of rotatable bonds is 4. The monoisotopic (exact) mass is 239 g/mol. The lowest BCUT2D eigenvalue weighted by atomic mass is 9.87. The maximum Gasteiger partial charge on any atom is 0.173 e. The van der Waals surface area contributed by atoms with E-state index in [-0.39, 0.29) is 5.41 Å². The molecule has 1 atom stereocenters. The Bertz CT molecular complexity index is 316. The van der Waals surface area contributed by atoms with E-state index in [0.29, 0.717) is 0 Å². The van der Waals surface area contributed by atoms with Gasteiger partial charge in [0, 0.05) is 6.54 Å². The third kappa shape index (κ3) is 3.81. The van der Waals surface area contributed by atoms with E-state index in [4.69, 9.17) is 0 Å². The summed E-state index contributed by atoms with van der Waals surface area (Å²) in [5.41, 5.74) is 1.42. The van der Waals surface area contributed by atoms with E-state index in [1.54, 1.807) is 0 Å². The Morgan fingerprint density at radius 2 is 1.75 bits per heavy atom. The van der Waals surface area contributed by atoms with E-state index in [1.807, 2.05) is 12.1 Å². The van der Waals surface area contributed by atoms with Crippen LogP contribution in [0.2, 0.25) is 0 Å². The van der Waals surface area contributed by atoms with Crippen LogP contribution >= 0.6 is 0 Å². The minimum atomic E-state index is -1.07. The van der Waals surface area contributed by atoms with Crippen molar-refractivity contribution in [3.05, 3.63) is 29.8 Å². The molecule has 0 aliphatic carbocycles. The zero-order valence-corrected chi connectivity index (χ0v) is 11.4. The van der Waals surface area contributed by atoms with Crippen LogP contribution in [0.15, 0.2) is 29.2 Å². The molecule has 1 rings (SSSR count). The smallest absolute Gasteiger partial charge is 0.173 e. The first-order chi connectivity index (χ1) is 7.45. The van der Waals surface area contributed by atoms with Crippen LogP contribution in [0.4, 0.5) is 0 Å². The van der Waals surface area contributed by atoms with Gasteiger partial charge in [0.1, 0.15) is 0 Å². The lowest BCUT2D eigenvalue weighted by molar-refractivity contribution is 0.577. The highest BCUT2D eigenvalue weighted by Gasteiger charge is 2.15. The molecule has 0 spiro atoms. The van der Waals surface area contributed by atoms with Crippen LogP contribution in [0.25, 0.3) is 0 Å². The van der Waals surface area contributed by atoms with Crippen LogP contribution in [-0.4, -0.2) is 11.1 Å². The molecule has 1 aromatic rings. The maximum absolute atomic E-state index is 11.8. The second kappa shape index (κ2) is 5.71. The predicted molar refractivity (Wildman–Crippen MR) is 69.8 cm³/mol. The van der Waals surface area contributed by atoms with E-state index < -0.39 is 11.4 Å². The average Bonchev–Trinajstić information content (AvgIpc) is 2.25. The van der Waals surface area contributed by atoms with Crippen LogP contribution in [0.1, 0.15) is 39.7 Å². The molecule has 0 radical (unpaired) electrons. The highest BCUT2D eigenvalue weighted by molar-refractivity contribution is 7.89. The highest BCUT2D eigenvalue weighted by atomic mass is 32.2. The Balaban J connectivity index is 2.71. The average molecular weight is 239 g/mol. The number of nitrogens with one attached hydrogen (secondary N) is 1. The molecule has 0 saturated carbocycles. The van der Waals surface area contributed by atoms with Gasteiger partial charge in [-0.05, 0) is 29.5 Å². The summed E-state index contributed by atoms with van der Waals surface area (Å²) in [5, 5.41) is 0. The Hall–Kier alpha value is -0.510. The van der Waals surface area contributed by atoms with Crippen molar-refractivity contribution < 1.29 is 4.55 Å². The lowest BCUT2D eigenvalue weighted by Gasteiger charge is -2.19. The van der Waals surface area contributed by atoms with Crippen molar-refractivity contribution in [2.24, 2.45) is 0 Å². The second-order valence-corrected chi connectivity index (χ2v) is 6.23. The topological polar surface area (TPSA) is 35.1 Å². The minimum Gasteiger partial charge on any atom is -0.593 e. The van der Waals surface area contributed by atoms with Gasteiger partial charge in [-0.3, -0.25) is 0 Å². The fraction of sp³-hybridized carbons (Fsp3) is 0.538. The van der Waals surface area contributed by atoms with E-state index in [2.05, 4.69) is 44.5 Å². The molecule has 2 nitrogen and oxygen atoms in total. The molecule has 0 amide bonds. The molecular weight excluding hydrogens is 218 g/mol. The summed E-state index contributed by atoms with van der Waals surface area (Å²) >= 11 is -1.07. The third-order valence-electron chi connectivity index (χ3n) is 2.42. The summed E-state index contributed by atoms with van der Waals surface area (Å²) in [6, 6.07) is 8.00. The van der Waals surface area contributed by atoms with Gasteiger partial charge < -0.3 is 4.55 Å². The molecule has 3 heteroatoms. The molecule has 1 N–H and O–H groups in total. The quantitative estimate of drug-likeness (QED) is 0.820. The maximum atomic E-state index is 11.8. The van der Waals surface area contributed by atoms with Gasteiger partial charge in [0.25, 0.3) is 0 Å². The number of benzene rings is 1. The van der Waals surface area contributed by atoms with Gasteiger partial charge in [-0.2, -0.15) is 0 Å². The highest BCUT2D eigenvalue weighted by Crippen LogP contribution is 2.23. The fourth-order valence-electron chi connectivity index (χ4n) is 1.36. The van der Waals surface area contributed by atoms with Crippen LogP contribution in [0.3, 0.4) is 0 Å². The van der Waals surface area contributed by atoms with E-state index in [9.17, 15) is 4.55 Å². The van der Waals surface area contributed by atoms with Gasteiger partial charge in [-0.15, -0.1) is 4.72 Å². The molecule has 0 fully saturated rings. The normalized spacial score (nSPS) is 13.8. The summed E-state index contributed by atoms with van der Waals surface area (Å²) in [5.74, 6) is 0. The summed E-state index contributed by atoms with van der Waals surface area (Å²) in [7, 11) is 0. The first-order valence-corrected chi connectivity index (χ1v) is 6.86. The molecular formula is C13H21NOS. The molecule has 16 heavy (non-hydrogen) atoms. The fourth-order valence-corrected chi connectivity index (χ4v) is 2.30. The molecule has 0 heterocycles. The molecule has 1 aromatic carbocycles. The van der Waals surface area contributed by atoms with E-state index in [1.165, 1.54) is 5.56 Å². The second-order valence-electron chi connectivity index (χ2n) is 4.94. The van der Waals surface area contributed by atoms with Crippen molar-refractivity contribution in [3.8, 4) is 0 Å². The molecule has 0 aliphatic rings. The van der Waals surface area contributed by atoms with Gasteiger partial charge in [0.05, 0.1) is 11.4 Å². The van der Waals surface area contributed by atoms with Crippen molar-refractivity contribution in [2.75, 3.05) is 6.54 Å². The van der Waals surface area contributed by atoms with Crippen molar-refractivity contribution >= 4 is 11.4 Å². The summed E-state index contributed by atoms with van der Waals surface area (Å²) in [6.45, 7) is 9.37. The van der Waals surface area contributed by atoms with Crippen LogP contribution < -0.4 is 4.72 Å². The van der Waals surface area contributed by atoms with Crippen molar-refractivity contribution in [1.29, 1.82) is 0 Å². The largest absolute Gasteiger partial charge is 0.593 e. The van der Waals surface area contributed by atoms with Crippen molar-refractivity contribution in [3.63, 3.8) is 0 Å². The molecule has 0 bridgehead atoms. The third-order valence-corrected chi connectivity index (χ3v) is 3.58. The van der Waals surface area contributed by atoms with Crippen LogP contribution in [-0.2, 0) is 16.8 Å². The van der Waals surface area contributed by atoms with Gasteiger partial charge in [-0.1, -0.05) is 39.8 Å². The number of hydrogen-bond acceptors (Lipinski definition) is 2. The molecule has 0 aliphatic heterocycles. The molecule has 0 aromatic heterocycles. The predicted octanol–water partition coefficient (Wildman–Crippen LogP) is 3.01. The van der Waals surface area contributed by atoms with Crippen LogP contribution in [0, 0.1) is 0 Å². The van der Waals surface area contributed by atoms with Gasteiger partial charge >= 0.3 is 0 Å². The summed E-state index contributed by atoms with van der Waals surface area (Å²) in [4.78, 5) is 0.849. The standard InChI is InChI=1S/C13H21NOS/c1-5-10-14-16(15)12-8-6-11(7-9-12)13(2,3)4/h6-9,14H,5,10H2,1-4H3. The molecule has 90 valence electrons. The lowest BCUT2D eigenvalue weighted by Crippen LogP contribution is -2.24. The number of hydrogen-bond donors (Lipinski definition) is 1. The summed E-state index contributed by atoms with van der Waals surface area (Å²) in [6.07, 6.45) is 0.992. The Morgan fingerprint density at radius 3 is 2.19 bits per heavy atom. The first kappa shape index (κ1) is 13.6. The molecule has 1 unspecified atom stereocenters. The molecule has 0 saturated heterocycles. The van der Waals surface area contributed by atoms with E-state index in [0.717, 1.165) is 17.9 Å². The van der Waals surface area contributed by atoms with Gasteiger partial charge in [0.15, 0.2) is 4.90 Å². The first-order valence-electron chi connectivity index (χ1n) is 5.71. The minimum absolute atomic E-state index is 0.150. The van der Waals surface area contributed by atoms with Crippen LogP contribution in [0.5, 0.6) is 0 Å². The Morgan fingerprint density at radius 1 is 1.19 bits per heavy atom. The van der Waals surface area contributed by atoms with Gasteiger partial charge in [0.2, 0.25) is 0 Å². The van der Waals surface area contributed by atoms with Crippen molar-refractivity contribution in [2.45, 2.75) is 44.4 Å². The van der Waals surface area contributed by atoms with Gasteiger partial charge in [-0.25, -0.2) is 0 Å². The Kier molecular flexibility index (Phi) is 4.84. The Labute approximate surface area is 102 Å². The van der Waals surface area contributed by atoms with Crippen molar-refractivity contribution in [1.82, 2.24) is 4.72 Å². The zero-order chi connectivity index (χ0) is 12.2. The van der Waals surface area contributed by atoms with E-state index >= 15 is 0 Å². The summed E-state index contributed by atoms with van der Waals surface area (Å²) < 4.78 is 14.7.